The summed E-state index contributed by atoms with van der Waals surface area (Å²) >= 11 is 0. The lowest BCUT2D eigenvalue weighted by Gasteiger charge is -2.45. The Morgan fingerprint density at radius 2 is 1.22 bits per heavy atom. The zero-order valence-electron chi connectivity index (χ0n) is 38.4. The van der Waals surface area contributed by atoms with Gasteiger partial charge in [-0.1, -0.05) is 18.2 Å². The van der Waals surface area contributed by atoms with E-state index in [1.807, 2.05) is 0 Å². The van der Waals surface area contributed by atoms with Crippen molar-refractivity contribution in [3.05, 3.63) is 83.1 Å². The number of aliphatic hydroxyl groups excluding tert-OH is 13. The van der Waals surface area contributed by atoms with Gasteiger partial charge in [0.15, 0.2) is 30.0 Å². The van der Waals surface area contributed by atoms with E-state index in [1.54, 1.807) is 0 Å². The lowest BCUT2D eigenvalue weighted by atomic mass is 9.97. The predicted octanol–water partition coefficient (Wildman–Crippen LogP) is -4.82. The van der Waals surface area contributed by atoms with Crippen molar-refractivity contribution in [2.75, 3.05) is 26.4 Å². The van der Waals surface area contributed by atoms with Crippen molar-refractivity contribution < 1.29 is 134 Å². The van der Waals surface area contributed by atoms with E-state index >= 15 is 0 Å². The first-order valence-corrected chi connectivity index (χ1v) is 22.9. The number of hydrogen-bond donors (Lipinski definition) is 16. The Balaban J connectivity index is 1.05. The van der Waals surface area contributed by atoms with Crippen LogP contribution in [0.4, 0.5) is 0 Å². The first-order chi connectivity index (χ1) is 35.3. The van der Waals surface area contributed by atoms with E-state index in [4.69, 9.17) is 47.4 Å². The lowest BCUT2D eigenvalue weighted by molar-refractivity contribution is -0.352. The average Bonchev–Trinajstić information content (AvgIpc) is 3.38. The molecule has 0 spiro atoms. The summed E-state index contributed by atoms with van der Waals surface area (Å²) in [5, 5.41) is 167. The largest absolute Gasteiger partial charge is 0.508 e. The first-order valence-electron chi connectivity index (χ1n) is 22.9. The standard InChI is InChI=1S/C47H56O27/c48-13-28-33(56)36(59)40(63)45(71-28)67-20-5-1-17(2-6-20)3-8-31(54)65-16-30-35(58)38(61)43(74-44-39(62)32(55)24(53)15-66-44)47(73-30)70-27-12-21-25(68-42(27)18-4-7-22(51)23(52)9-18)10-19(50)11-26(21)69-46-41(64)37(60)34(57)29(14-49)72-46/h1-12,24,28-30,32-53,55-64H,13-16H2. The van der Waals surface area contributed by atoms with Crippen molar-refractivity contribution >= 4 is 18.1 Å². The SMILES string of the molecule is O=C(C=Cc1ccc(OC2OC(CO)C(O)C(O)C2O)cc1)OCC1OC(OC2=Cc3c(cc(O)cc3OC3OC(CO)C(O)C(O)C3O)OC2c2ccc(O)c(O)c2)C(OC2OCC(O)C(O)C2O)C(O)C1O. The van der Waals surface area contributed by atoms with Crippen LogP contribution in [0.3, 0.4) is 0 Å². The number of phenols is 3. The van der Waals surface area contributed by atoms with Crippen LogP contribution in [0, 0.1) is 0 Å². The molecule has 20 atom stereocenters. The minimum Gasteiger partial charge on any atom is -0.508 e. The maximum absolute atomic E-state index is 13.1. The van der Waals surface area contributed by atoms with E-state index in [0.717, 1.165) is 30.3 Å². The van der Waals surface area contributed by atoms with Gasteiger partial charge in [-0.25, -0.2) is 4.79 Å². The van der Waals surface area contributed by atoms with Gasteiger partial charge >= 0.3 is 5.97 Å². The number of fused-ring (bicyclic) bond motifs is 1. The molecule has 0 radical (unpaired) electrons. The number of aromatic hydroxyl groups is 3. The fourth-order valence-electron chi connectivity index (χ4n) is 8.45. The summed E-state index contributed by atoms with van der Waals surface area (Å²) in [4.78, 5) is 13.1. The summed E-state index contributed by atoms with van der Waals surface area (Å²) in [5.74, 6) is -3.24. The van der Waals surface area contributed by atoms with Crippen LogP contribution in [0.1, 0.15) is 22.8 Å². The van der Waals surface area contributed by atoms with E-state index in [-0.39, 0.29) is 34.1 Å². The fourth-order valence-corrected chi connectivity index (χ4v) is 8.45. The van der Waals surface area contributed by atoms with Gasteiger partial charge in [-0.15, -0.1) is 0 Å². The molecule has 0 saturated carbocycles. The van der Waals surface area contributed by atoms with Gasteiger partial charge in [-0.3, -0.25) is 0 Å². The molecule has 27 heteroatoms. The average molecular weight is 1050 g/mol. The van der Waals surface area contributed by atoms with E-state index in [0.29, 0.717) is 5.56 Å². The molecule has 27 nitrogen and oxygen atoms in total. The highest BCUT2D eigenvalue weighted by molar-refractivity contribution is 5.87. The predicted molar refractivity (Wildman–Crippen MR) is 239 cm³/mol. The van der Waals surface area contributed by atoms with Crippen LogP contribution in [-0.4, -0.2) is 231 Å². The third-order valence-corrected chi connectivity index (χ3v) is 12.7. The van der Waals surface area contributed by atoms with Gasteiger partial charge in [0.1, 0.15) is 121 Å². The Hall–Kier alpha value is -5.51. The number of hydrogen-bond acceptors (Lipinski definition) is 27. The summed E-state index contributed by atoms with van der Waals surface area (Å²) < 4.78 is 57.7. The number of carbonyl (C=O) groups excluding carboxylic acids is 1. The molecular weight excluding hydrogens is 996 g/mol. The summed E-state index contributed by atoms with van der Waals surface area (Å²) in [6.45, 7) is -2.79. The molecule has 0 bridgehead atoms. The Morgan fingerprint density at radius 1 is 0.608 bits per heavy atom. The van der Waals surface area contributed by atoms with Crippen LogP contribution < -0.4 is 14.2 Å². The molecule has 5 heterocycles. The number of phenolic OH excluding ortho intramolecular Hbond substituents is 3. The smallest absolute Gasteiger partial charge is 0.330 e. The highest BCUT2D eigenvalue weighted by Crippen LogP contribution is 2.47. The van der Waals surface area contributed by atoms with Crippen LogP contribution in [0.25, 0.3) is 12.2 Å². The second-order valence-corrected chi connectivity index (χ2v) is 17.8. The number of benzene rings is 3. The third kappa shape index (κ3) is 11.6. The van der Waals surface area contributed by atoms with E-state index in [1.165, 1.54) is 42.5 Å². The number of aliphatic hydroxyl groups is 13. The van der Waals surface area contributed by atoms with Gasteiger partial charge in [-0.2, -0.15) is 0 Å². The number of ether oxygens (including phenoxy) is 10. The molecule has 3 aromatic carbocycles. The van der Waals surface area contributed by atoms with Gasteiger partial charge in [0.2, 0.25) is 18.9 Å². The Labute approximate surface area is 418 Å². The molecule has 406 valence electrons. The molecule has 20 unspecified atom stereocenters. The van der Waals surface area contributed by atoms with Crippen LogP contribution >= 0.6 is 0 Å². The molecule has 0 amide bonds. The highest BCUT2D eigenvalue weighted by Gasteiger charge is 2.52. The van der Waals surface area contributed by atoms with Crippen LogP contribution in [0.5, 0.6) is 34.5 Å². The molecule has 16 N–H and O–H groups in total. The Morgan fingerprint density at radius 3 is 1.85 bits per heavy atom. The molecule has 4 saturated heterocycles. The molecule has 5 aliphatic rings. The highest BCUT2D eigenvalue weighted by atomic mass is 16.8. The molecular formula is C47H56O27. The number of rotatable bonds is 15. The molecule has 4 fully saturated rings. The van der Waals surface area contributed by atoms with E-state index in [9.17, 15) is 86.5 Å². The summed E-state index contributed by atoms with van der Waals surface area (Å²) in [6.07, 6.45) is -30.7. The van der Waals surface area contributed by atoms with E-state index < -0.39 is 172 Å². The maximum Gasteiger partial charge on any atom is 0.330 e. The van der Waals surface area contributed by atoms with Gasteiger partial charge in [0.25, 0.3) is 0 Å². The van der Waals surface area contributed by atoms with Crippen LogP contribution in [0.15, 0.2) is 66.4 Å². The minimum atomic E-state index is -2.05. The zero-order chi connectivity index (χ0) is 53.3. The van der Waals surface area contributed by atoms with Crippen molar-refractivity contribution in [3.8, 4) is 34.5 Å². The van der Waals surface area contributed by atoms with Crippen LogP contribution in [-0.2, 0) is 38.0 Å². The molecule has 0 aliphatic carbocycles. The Bertz CT molecular complexity index is 2450. The summed E-state index contributed by atoms with van der Waals surface area (Å²) in [6, 6.07) is 11.5. The van der Waals surface area contributed by atoms with Crippen molar-refractivity contribution in [2.24, 2.45) is 0 Å². The number of carbonyl (C=O) groups is 1. The van der Waals surface area contributed by atoms with Gasteiger partial charge in [0, 0.05) is 23.8 Å². The Kier molecular flexibility index (Phi) is 17.1. The van der Waals surface area contributed by atoms with Crippen molar-refractivity contribution in [1.29, 1.82) is 0 Å². The van der Waals surface area contributed by atoms with Crippen molar-refractivity contribution in [2.45, 2.75) is 123 Å². The quantitative estimate of drug-likeness (QED) is 0.0386. The third-order valence-electron chi connectivity index (χ3n) is 12.7. The normalized spacial score (nSPS) is 37.3. The van der Waals surface area contributed by atoms with Crippen molar-refractivity contribution in [3.63, 3.8) is 0 Å². The fraction of sp³-hybridized carbons (Fsp3) is 0.511. The molecule has 0 aromatic heterocycles. The monoisotopic (exact) mass is 1050 g/mol. The second kappa shape index (κ2) is 23.2. The molecule has 74 heavy (non-hydrogen) atoms. The lowest BCUT2D eigenvalue weighted by Crippen LogP contribution is -2.63. The number of esters is 1. The van der Waals surface area contributed by atoms with Crippen LogP contribution in [0.2, 0.25) is 0 Å². The minimum absolute atomic E-state index is 0.0701. The molecule has 3 aromatic rings. The second-order valence-electron chi connectivity index (χ2n) is 17.8. The summed E-state index contributed by atoms with van der Waals surface area (Å²) in [5.41, 5.74) is 0.421. The van der Waals surface area contributed by atoms with Gasteiger partial charge in [-0.05, 0) is 42.0 Å². The van der Waals surface area contributed by atoms with Crippen molar-refractivity contribution in [1.82, 2.24) is 0 Å². The summed E-state index contributed by atoms with van der Waals surface area (Å²) in [7, 11) is 0. The molecule has 8 rings (SSSR count). The first kappa shape index (κ1) is 54.7. The van der Waals surface area contributed by atoms with E-state index in [2.05, 4.69) is 0 Å². The molecule has 5 aliphatic heterocycles. The van der Waals surface area contributed by atoms with Gasteiger partial charge in [0.05, 0.1) is 25.4 Å². The van der Waals surface area contributed by atoms with Gasteiger partial charge < -0.3 is 129 Å². The maximum atomic E-state index is 13.1. The zero-order valence-corrected chi connectivity index (χ0v) is 38.4. The topological polar surface area (TPSA) is 433 Å².